The zero-order chi connectivity index (χ0) is 16.1. The molecule has 0 spiro atoms. The molecule has 1 N–H and O–H groups in total. The van der Waals surface area contributed by atoms with Crippen molar-refractivity contribution in [2.45, 2.75) is 0 Å². The number of ether oxygens (including phenoxy) is 1. The molecule has 0 fully saturated rings. The summed E-state index contributed by atoms with van der Waals surface area (Å²) in [5.41, 5.74) is 0.616. The summed E-state index contributed by atoms with van der Waals surface area (Å²) >= 11 is 0. The Labute approximate surface area is 133 Å². The SMILES string of the molecule is O=C(NCCOc1ccc(F)cc1)c1ccc2ccccc2c1. The predicted octanol–water partition coefficient (Wildman–Crippen LogP) is 3.79. The number of nitrogens with one attached hydrogen (secondary N) is 1. The summed E-state index contributed by atoms with van der Waals surface area (Å²) < 4.78 is 18.2. The summed E-state index contributed by atoms with van der Waals surface area (Å²) in [4.78, 5) is 12.1. The van der Waals surface area contributed by atoms with Crippen LogP contribution in [-0.4, -0.2) is 19.1 Å². The first-order chi connectivity index (χ1) is 11.2. The Morgan fingerprint density at radius 1 is 0.957 bits per heavy atom. The number of carbonyl (C=O) groups excluding carboxylic acids is 1. The Balaban J connectivity index is 1.53. The van der Waals surface area contributed by atoms with Crippen LogP contribution in [0, 0.1) is 5.82 Å². The summed E-state index contributed by atoms with van der Waals surface area (Å²) in [6, 6.07) is 19.3. The second-order valence-corrected chi connectivity index (χ2v) is 5.12. The summed E-state index contributed by atoms with van der Waals surface area (Å²) in [5, 5.41) is 4.94. The molecule has 0 heterocycles. The maximum atomic E-state index is 12.8. The monoisotopic (exact) mass is 309 g/mol. The van der Waals surface area contributed by atoms with Crippen LogP contribution in [0.5, 0.6) is 5.75 Å². The van der Waals surface area contributed by atoms with Crippen molar-refractivity contribution in [3.8, 4) is 5.75 Å². The van der Waals surface area contributed by atoms with Crippen molar-refractivity contribution in [2.24, 2.45) is 0 Å². The van der Waals surface area contributed by atoms with E-state index in [9.17, 15) is 9.18 Å². The van der Waals surface area contributed by atoms with Crippen molar-refractivity contribution < 1.29 is 13.9 Å². The van der Waals surface area contributed by atoms with Crippen LogP contribution >= 0.6 is 0 Å². The summed E-state index contributed by atoms with van der Waals surface area (Å²) in [7, 11) is 0. The Morgan fingerprint density at radius 3 is 2.48 bits per heavy atom. The lowest BCUT2D eigenvalue weighted by atomic mass is 10.1. The van der Waals surface area contributed by atoms with E-state index >= 15 is 0 Å². The van der Waals surface area contributed by atoms with Crippen LogP contribution in [-0.2, 0) is 0 Å². The van der Waals surface area contributed by atoms with Crippen LogP contribution < -0.4 is 10.1 Å². The molecule has 0 saturated heterocycles. The quantitative estimate of drug-likeness (QED) is 0.728. The first-order valence-electron chi connectivity index (χ1n) is 7.38. The zero-order valence-electron chi connectivity index (χ0n) is 12.5. The van der Waals surface area contributed by atoms with E-state index in [-0.39, 0.29) is 11.7 Å². The van der Waals surface area contributed by atoms with Crippen molar-refractivity contribution in [1.82, 2.24) is 5.32 Å². The third-order valence-electron chi connectivity index (χ3n) is 3.48. The number of amides is 1. The van der Waals surface area contributed by atoms with E-state index in [0.717, 1.165) is 10.8 Å². The van der Waals surface area contributed by atoms with Crippen molar-refractivity contribution in [1.29, 1.82) is 0 Å². The standard InChI is InChI=1S/C19H16FNO2/c20-17-7-9-18(10-8-17)23-12-11-21-19(22)16-6-5-14-3-1-2-4-15(14)13-16/h1-10,13H,11-12H2,(H,21,22). The van der Waals surface area contributed by atoms with Gasteiger partial charge in [-0.3, -0.25) is 4.79 Å². The van der Waals surface area contributed by atoms with Gasteiger partial charge in [-0.2, -0.15) is 0 Å². The fraction of sp³-hybridized carbons (Fsp3) is 0.105. The number of hydrogen-bond donors (Lipinski definition) is 1. The van der Waals surface area contributed by atoms with E-state index in [4.69, 9.17) is 4.74 Å². The van der Waals surface area contributed by atoms with Crippen LogP contribution in [0.1, 0.15) is 10.4 Å². The topological polar surface area (TPSA) is 38.3 Å². The lowest BCUT2D eigenvalue weighted by Crippen LogP contribution is -2.28. The Morgan fingerprint density at radius 2 is 1.70 bits per heavy atom. The zero-order valence-corrected chi connectivity index (χ0v) is 12.5. The molecule has 116 valence electrons. The molecule has 1 amide bonds. The van der Waals surface area contributed by atoms with E-state index < -0.39 is 0 Å². The van der Waals surface area contributed by atoms with E-state index in [2.05, 4.69) is 5.32 Å². The average molecular weight is 309 g/mol. The molecular formula is C19H16FNO2. The second-order valence-electron chi connectivity index (χ2n) is 5.12. The minimum Gasteiger partial charge on any atom is -0.492 e. The van der Waals surface area contributed by atoms with Gasteiger partial charge in [-0.15, -0.1) is 0 Å². The molecule has 23 heavy (non-hydrogen) atoms. The van der Waals surface area contributed by atoms with Crippen LogP contribution in [0.25, 0.3) is 10.8 Å². The van der Waals surface area contributed by atoms with Crippen LogP contribution in [0.4, 0.5) is 4.39 Å². The van der Waals surface area contributed by atoms with Gasteiger partial charge in [0.15, 0.2) is 0 Å². The van der Waals surface area contributed by atoms with Gasteiger partial charge >= 0.3 is 0 Å². The van der Waals surface area contributed by atoms with E-state index in [0.29, 0.717) is 24.5 Å². The van der Waals surface area contributed by atoms with Gasteiger partial charge in [0, 0.05) is 5.56 Å². The normalized spacial score (nSPS) is 10.5. The van der Waals surface area contributed by atoms with Crippen molar-refractivity contribution in [3.63, 3.8) is 0 Å². The maximum absolute atomic E-state index is 12.8. The first kappa shape index (κ1) is 15.0. The molecule has 0 unspecified atom stereocenters. The van der Waals surface area contributed by atoms with Gasteiger partial charge < -0.3 is 10.1 Å². The van der Waals surface area contributed by atoms with Crippen molar-refractivity contribution >= 4 is 16.7 Å². The van der Waals surface area contributed by atoms with Gasteiger partial charge in [-0.1, -0.05) is 30.3 Å². The molecule has 3 nitrogen and oxygen atoms in total. The number of fused-ring (bicyclic) bond motifs is 1. The smallest absolute Gasteiger partial charge is 0.251 e. The van der Waals surface area contributed by atoms with Gasteiger partial charge in [-0.05, 0) is 47.2 Å². The number of rotatable bonds is 5. The van der Waals surface area contributed by atoms with Crippen molar-refractivity contribution in [3.05, 3.63) is 78.1 Å². The largest absolute Gasteiger partial charge is 0.492 e. The highest BCUT2D eigenvalue weighted by molar-refractivity contribution is 5.98. The molecule has 0 aliphatic carbocycles. The highest BCUT2D eigenvalue weighted by Gasteiger charge is 2.05. The van der Waals surface area contributed by atoms with Gasteiger partial charge in [0.2, 0.25) is 0 Å². The highest BCUT2D eigenvalue weighted by atomic mass is 19.1. The van der Waals surface area contributed by atoms with Crippen LogP contribution in [0.2, 0.25) is 0 Å². The fourth-order valence-electron chi connectivity index (χ4n) is 2.30. The Kier molecular flexibility index (Phi) is 4.52. The molecule has 0 bridgehead atoms. The molecule has 3 aromatic rings. The molecule has 0 saturated carbocycles. The third kappa shape index (κ3) is 3.86. The second kappa shape index (κ2) is 6.92. The average Bonchev–Trinajstić information content (AvgIpc) is 2.59. The van der Waals surface area contributed by atoms with Gasteiger partial charge in [0.05, 0.1) is 6.54 Å². The van der Waals surface area contributed by atoms with E-state index in [1.54, 1.807) is 18.2 Å². The number of halogens is 1. The Hall–Kier alpha value is -2.88. The molecule has 3 aromatic carbocycles. The predicted molar refractivity (Wildman–Crippen MR) is 88.2 cm³/mol. The number of benzene rings is 3. The fourth-order valence-corrected chi connectivity index (χ4v) is 2.30. The minimum atomic E-state index is -0.304. The van der Waals surface area contributed by atoms with E-state index in [1.807, 2.05) is 36.4 Å². The molecular weight excluding hydrogens is 293 g/mol. The van der Waals surface area contributed by atoms with E-state index in [1.165, 1.54) is 12.1 Å². The van der Waals surface area contributed by atoms with Gasteiger partial charge in [-0.25, -0.2) is 4.39 Å². The summed E-state index contributed by atoms with van der Waals surface area (Å²) in [6.45, 7) is 0.702. The Bertz CT molecular complexity index is 815. The molecule has 0 atom stereocenters. The summed E-state index contributed by atoms with van der Waals surface area (Å²) in [5.74, 6) is 0.131. The number of carbonyl (C=O) groups is 1. The molecule has 3 rings (SSSR count). The third-order valence-corrected chi connectivity index (χ3v) is 3.48. The van der Waals surface area contributed by atoms with Crippen molar-refractivity contribution in [2.75, 3.05) is 13.2 Å². The molecule has 0 aliphatic heterocycles. The number of hydrogen-bond acceptors (Lipinski definition) is 2. The van der Waals surface area contributed by atoms with Gasteiger partial charge in [0.1, 0.15) is 18.2 Å². The lowest BCUT2D eigenvalue weighted by Gasteiger charge is -2.08. The maximum Gasteiger partial charge on any atom is 0.251 e. The molecule has 0 aliphatic rings. The molecule has 0 aromatic heterocycles. The first-order valence-corrected chi connectivity index (χ1v) is 7.38. The van der Waals surface area contributed by atoms with Crippen LogP contribution in [0.15, 0.2) is 66.7 Å². The molecule has 4 heteroatoms. The summed E-state index contributed by atoms with van der Waals surface area (Å²) in [6.07, 6.45) is 0. The lowest BCUT2D eigenvalue weighted by molar-refractivity contribution is 0.0947. The van der Waals surface area contributed by atoms with Gasteiger partial charge in [0.25, 0.3) is 5.91 Å². The van der Waals surface area contributed by atoms with Crippen LogP contribution in [0.3, 0.4) is 0 Å². The highest BCUT2D eigenvalue weighted by Crippen LogP contribution is 2.15. The minimum absolute atomic E-state index is 0.140. The molecule has 0 radical (unpaired) electrons.